The van der Waals surface area contributed by atoms with Crippen molar-refractivity contribution in [3.63, 3.8) is 0 Å². The van der Waals surface area contributed by atoms with E-state index in [0.29, 0.717) is 0 Å². The first kappa shape index (κ1) is 12.5. The van der Waals surface area contributed by atoms with Crippen molar-refractivity contribution in [1.82, 2.24) is 5.43 Å². The van der Waals surface area contributed by atoms with Gasteiger partial charge in [0.15, 0.2) is 6.10 Å². The number of anilines is 1. The number of carbonyl (C=O) groups is 1. The van der Waals surface area contributed by atoms with Gasteiger partial charge in [0, 0.05) is 26.9 Å². The largest absolute Gasteiger partial charge is 0.378 e. The third kappa shape index (κ3) is 2.71. The second-order valence-corrected chi connectivity index (χ2v) is 3.61. The van der Waals surface area contributed by atoms with Gasteiger partial charge in [0.1, 0.15) is 0 Å². The Balaban J connectivity index is 2.90. The smallest absolute Gasteiger partial charge is 0.267 e. The molecule has 1 rings (SSSR count). The monoisotopic (exact) mass is 223 g/mol. The summed E-state index contributed by atoms with van der Waals surface area (Å²) in [6, 6.07) is 7.54. The van der Waals surface area contributed by atoms with E-state index in [1.54, 1.807) is 0 Å². The molecule has 16 heavy (non-hydrogen) atoms. The number of benzene rings is 1. The molecular weight excluding hydrogens is 206 g/mol. The molecule has 0 saturated carbocycles. The lowest BCUT2D eigenvalue weighted by molar-refractivity contribution is -0.131. The molecule has 0 bridgehead atoms. The van der Waals surface area contributed by atoms with Crippen LogP contribution in [0.1, 0.15) is 11.7 Å². The van der Waals surface area contributed by atoms with E-state index in [4.69, 9.17) is 10.6 Å². The lowest BCUT2D eigenvalue weighted by atomic mass is 10.1. The fourth-order valence-corrected chi connectivity index (χ4v) is 1.42. The summed E-state index contributed by atoms with van der Waals surface area (Å²) in [5.74, 6) is 4.72. The average molecular weight is 223 g/mol. The minimum absolute atomic E-state index is 0.361. The number of hydrazine groups is 1. The SMILES string of the molecule is COC(C(=O)NN)c1ccc(N(C)C)cc1. The predicted octanol–water partition coefficient (Wildman–Crippen LogP) is 0.430. The molecule has 0 fully saturated rings. The number of nitrogens with zero attached hydrogens (tertiary/aromatic N) is 1. The minimum atomic E-state index is -0.666. The fourth-order valence-electron chi connectivity index (χ4n) is 1.42. The second kappa shape index (κ2) is 5.48. The van der Waals surface area contributed by atoms with Crippen molar-refractivity contribution in [3.05, 3.63) is 29.8 Å². The Morgan fingerprint density at radius 1 is 1.38 bits per heavy atom. The van der Waals surface area contributed by atoms with E-state index in [9.17, 15) is 4.79 Å². The first-order valence-corrected chi connectivity index (χ1v) is 4.90. The molecule has 1 aromatic rings. The summed E-state index contributed by atoms with van der Waals surface area (Å²) < 4.78 is 5.08. The highest BCUT2D eigenvalue weighted by molar-refractivity contribution is 5.81. The summed E-state index contributed by atoms with van der Waals surface area (Å²) in [7, 11) is 5.38. The van der Waals surface area contributed by atoms with E-state index >= 15 is 0 Å². The number of hydrogen-bond donors (Lipinski definition) is 2. The first-order valence-electron chi connectivity index (χ1n) is 4.90. The van der Waals surface area contributed by atoms with Crippen LogP contribution in [0.25, 0.3) is 0 Å². The van der Waals surface area contributed by atoms with Gasteiger partial charge >= 0.3 is 0 Å². The van der Waals surface area contributed by atoms with E-state index in [-0.39, 0.29) is 5.91 Å². The molecule has 3 N–H and O–H groups in total. The average Bonchev–Trinajstić information content (AvgIpc) is 2.30. The third-order valence-electron chi connectivity index (χ3n) is 2.33. The van der Waals surface area contributed by atoms with Crippen molar-refractivity contribution in [3.8, 4) is 0 Å². The lowest BCUT2D eigenvalue weighted by Gasteiger charge is -2.16. The maximum Gasteiger partial charge on any atom is 0.267 e. The van der Waals surface area contributed by atoms with Gasteiger partial charge in [-0.1, -0.05) is 12.1 Å². The molecule has 0 spiro atoms. The Morgan fingerprint density at radius 3 is 2.31 bits per heavy atom. The van der Waals surface area contributed by atoms with E-state index in [2.05, 4.69) is 5.43 Å². The van der Waals surface area contributed by atoms with Gasteiger partial charge in [-0.15, -0.1) is 0 Å². The summed E-state index contributed by atoms with van der Waals surface area (Å²) in [5.41, 5.74) is 3.91. The molecule has 0 aliphatic carbocycles. The maximum atomic E-state index is 11.4. The van der Waals surface area contributed by atoms with Crippen LogP contribution in [0.5, 0.6) is 0 Å². The topological polar surface area (TPSA) is 67.6 Å². The van der Waals surface area contributed by atoms with Crippen LogP contribution in [0.3, 0.4) is 0 Å². The number of amides is 1. The van der Waals surface area contributed by atoms with Gasteiger partial charge in [-0.05, 0) is 17.7 Å². The molecule has 1 aromatic carbocycles. The van der Waals surface area contributed by atoms with Crippen molar-refractivity contribution >= 4 is 11.6 Å². The van der Waals surface area contributed by atoms with Gasteiger partial charge in [-0.3, -0.25) is 10.2 Å². The van der Waals surface area contributed by atoms with Crippen molar-refractivity contribution in [1.29, 1.82) is 0 Å². The number of rotatable bonds is 4. The molecular formula is C11H17N3O2. The van der Waals surface area contributed by atoms with Gasteiger partial charge in [-0.25, -0.2) is 5.84 Å². The highest BCUT2D eigenvalue weighted by Gasteiger charge is 2.18. The van der Waals surface area contributed by atoms with Gasteiger partial charge < -0.3 is 9.64 Å². The number of carbonyl (C=O) groups excluding carboxylic acids is 1. The lowest BCUT2D eigenvalue weighted by Crippen LogP contribution is -2.35. The standard InChI is InChI=1S/C11H17N3O2/c1-14(2)9-6-4-8(5-7-9)10(16-3)11(15)13-12/h4-7,10H,12H2,1-3H3,(H,13,15). The summed E-state index contributed by atoms with van der Waals surface area (Å²) in [6.07, 6.45) is -0.666. The molecule has 0 heterocycles. The molecule has 0 aromatic heterocycles. The van der Waals surface area contributed by atoms with Crippen molar-refractivity contribution in [2.75, 3.05) is 26.1 Å². The highest BCUT2D eigenvalue weighted by Crippen LogP contribution is 2.20. The van der Waals surface area contributed by atoms with Crippen molar-refractivity contribution < 1.29 is 9.53 Å². The Labute approximate surface area is 95.2 Å². The number of nitrogens with one attached hydrogen (secondary N) is 1. The van der Waals surface area contributed by atoms with Gasteiger partial charge in [0.2, 0.25) is 0 Å². The molecule has 1 amide bonds. The number of methoxy groups -OCH3 is 1. The Hall–Kier alpha value is -1.59. The molecule has 0 saturated heterocycles. The minimum Gasteiger partial charge on any atom is -0.378 e. The summed E-state index contributed by atoms with van der Waals surface area (Å²) in [6.45, 7) is 0. The maximum absolute atomic E-state index is 11.4. The van der Waals surface area contributed by atoms with Gasteiger partial charge in [0.25, 0.3) is 5.91 Å². The van der Waals surface area contributed by atoms with Crippen LogP contribution >= 0.6 is 0 Å². The number of hydrogen-bond acceptors (Lipinski definition) is 4. The van der Waals surface area contributed by atoms with Crippen molar-refractivity contribution in [2.24, 2.45) is 5.84 Å². The highest BCUT2D eigenvalue weighted by atomic mass is 16.5. The zero-order valence-corrected chi connectivity index (χ0v) is 9.73. The molecule has 1 atom stereocenters. The molecule has 5 heteroatoms. The van der Waals surface area contributed by atoms with E-state index in [1.165, 1.54) is 7.11 Å². The van der Waals surface area contributed by atoms with Crippen molar-refractivity contribution in [2.45, 2.75) is 6.10 Å². The van der Waals surface area contributed by atoms with Crippen LogP contribution in [0.15, 0.2) is 24.3 Å². The van der Waals surface area contributed by atoms with Gasteiger partial charge in [-0.2, -0.15) is 0 Å². The third-order valence-corrected chi connectivity index (χ3v) is 2.33. The Bertz CT molecular complexity index is 349. The zero-order valence-electron chi connectivity index (χ0n) is 9.73. The fraction of sp³-hybridized carbons (Fsp3) is 0.364. The summed E-state index contributed by atoms with van der Waals surface area (Å²) in [4.78, 5) is 13.4. The summed E-state index contributed by atoms with van der Waals surface area (Å²) in [5, 5.41) is 0. The molecule has 88 valence electrons. The quantitative estimate of drug-likeness (QED) is 0.441. The van der Waals surface area contributed by atoms with Gasteiger partial charge in [0.05, 0.1) is 0 Å². The molecule has 1 unspecified atom stereocenters. The zero-order chi connectivity index (χ0) is 12.1. The Kier molecular flexibility index (Phi) is 4.28. The molecule has 0 aliphatic heterocycles. The van der Waals surface area contributed by atoms with Crippen LogP contribution < -0.4 is 16.2 Å². The van der Waals surface area contributed by atoms with E-state index in [0.717, 1.165) is 11.3 Å². The van der Waals surface area contributed by atoms with Crippen LogP contribution in [0.4, 0.5) is 5.69 Å². The van der Waals surface area contributed by atoms with Crippen LogP contribution in [-0.2, 0) is 9.53 Å². The predicted molar refractivity (Wildman–Crippen MR) is 62.8 cm³/mol. The van der Waals surface area contributed by atoms with Crippen LogP contribution in [0, 0.1) is 0 Å². The van der Waals surface area contributed by atoms with Crippen LogP contribution in [0.2, 0.25) is 0 Å². The second-order valence-electron chi connectivity index (χ2n) is 3.61. The normalized spacial score (nSPS) is 12.0. The number of ether oxygens (including phenoxy) is 1. The number of nitrogens with two attached hydrogens (primary N) is 1. The molecule has 0 radical (unpaired) electrons. The van der Waals surface area contributed by atoms with E-state index < -0.39 is 6.10 Å². The first-order chi connectivity index (χ1) is 7.60. The summed E-state index contributed by atoms with van der Waals surface area (Å²) >= 11 is 0. The molecule has 0 aliphatic rings. The van der Waals surface area contributed by atoms with Crippen LogP contribution in [-0.4, -0.2) is 27.1 Å². The van der Waals surface area contributed by atoms with E-state index in [1.807, 2.05) is 43.3 Å². The Morgan fingerprint density at radius 2 is 1.94 bits per heavy atom. The molecule has 5 nitrogen and oxygen atoms in total.